The zero-order valence-corrected chi connectivity index (χ0v) is 11.4. The lowest BCUT2D eigenvalue weighted by Crippen LogP contribution is -2.48. The smallest absolute Gasteiger partial charge is 0.225 e. The van der Waals surface area contributed by atoms with Crippen molar-refractivity contribution in [2.45, 2.75) is 63.7 Å². The van der Waals surface area contributed by atoms with E-state index in [0.717, 1.165) is 25.7 Å². The first-order chi connectivity index (χ1) is 7.87. The molecule has 1 amide bonds. The molecule has 1 fully saturated rings. The van der Waals surface area contributed by atoms with Gasteiger partial charge >= 0.3 is 0 Å². The van der Waals surface area contributed by atoms with Gasteiger partial charge < -0.3 is 14.7 Å². The minimum atomic E-state index is -0.440. The first-order valence-corrected chi connectivity index (χ1v) is 6.36. The second-order valence-electron chi connectivity index (χ2n) is 5.56. The van der Waals surface area contributed by atoms with E-state index in [0.29, 0.717) is 6.42 Å². The van der Waals surface area contributed by atoms with E-state index in [2.05, 4.69) is 0 Å². The number of hydrogen-bond donors (Lipinski definition) is 1. The maximum Gasteiger partial charge on any atom is 0.225 e. The first kappa shape index (κ1) is 14.5. The van der Waals surface area contributed by atoms with Gasteiger partial charge in [0.25, 0.3) is 0 Å². The van der Waals surface area contributed by atoms with Gasteiger partial charge in [0.15, 0.2) is 0 Å². The van der Waals surface area contributed by atoms with Crippen LogP contribution >= 0.6 is 0 Å². The highest BCUT2D eigenvalue weighted by molar-refractivity contribution is 5.77. The Hall–Kier alpha value is -0.610. The zero-order chi connectivity index (χ0) is 13.1. The molecule has 17 heavy (non-hydrogen) atoms. The van der Waals surface area contributed by atoms with Crippen molar-refractivity contribution in [2.24, 2.45) is 0 Å². The van der Waals surface area contributed by atoms with Crippen LogP contribution in [0.4, 0.5) is 0 Å². The van der Waals surface area contributed by atoms with Crippen LogP contribution in [-0.2, 0) is 9.53 Å². The molecule has 100 valence electrons. The Labute approximate surface area is 104 Å². The molecule has 1 N–H and O–H groups in total. The molecule has 1 aliphatic rings. The third-order valence-corrected chi connectivity index (χ3v) is 3.71. The van der Waals surface area contributed by atoms with Gasteiger partial charge in [-0.3, -0.25) is 4.79 Å². The Kier molecular flexibility index (Phi) is 4.95. The molecule has 0 radical (unpaired) electrons. The monoisotopic (exact) mass is 243 g/mol. The molecule has 0 aromatic heterocycles. The predicted octanol–water partition coefficient (Wildman–Crippen LogP) is 1.56. The van der Waals surface area contributed by atoms with Crippen molar-refractivity contribution in [3.8, 4) is 0 Å². The molecule has 2 atom stereocenters. The fraction of sp³-hybridized carbons (Fsp3) is 0.923. The molecule has 0 aliphatic heterocycles. The maximum atomic E-state index is 12.1. The first-order valence-electron chi connectivity index (χ1n) is 6.36. The summed E-state index contributed by atoms with van der Waals surface area (Å²) >= 11 is 0. The lowest BCUT2D eigenvalue weighted by atomic mass is 9.91. The Bertz CT molecular complexity index is 265. The molecule has 4 nitrogen and oxygen atoms in total. The normalized spacial score (nSPS) is 25.7. The second kappa shape index (κ2) is 5.83. The minimum Gasteiger partial charge on any atom is -0.391 e. The summed E-state index contributed by atoms with van der Waals surface area (Å²) in [6.07, 6.45) is 3.83. The summed E-state index contributed by atoms with van der Waals surface area (Å²) in [6.45, 7) is 3.80. The number of ether oxygens (including phenoxy) is 1. The third kappa shape index (κ3) is 3.96. The van der Waals surface area contributed by atoms with Crippen molar-refractivity contribution in [3.63, 3.8) is 0 Å². The van der Waals surface area contributed by atoms with Crippen LogP contribution in [0.25, 0.3) is 0 Å². The van der Waals surface area contributed by atoms with E-state index < -0.39 is 5.60 Å². The second-order valence-corrected chi connectivity index (χ2v) is 5.56. The number of nitrogens with zero attached hydrogens (tertiary/aromatic N) is 1. The van der Waals surface area contributed by atoms with Crippen molar-refractivity contribution in [1.29, 1.82) is 0 Å². The molecule has 0 heterocycles. The van der Waals surface area contributed by atoms with E-state index in [1.165, 1.54) is 0 Å². The molecule has 0 spiro atoms. The Morgan fingerprint density at radius 1 is 1.41 bits per heavy atom. The van der Waals surface area contributed by atoms with Gasteiger partial charge in [-0.05, 0) is 26.7 Å². The average Bonchev–Trinajstić information content (AvgIpc) is 2.28. The number of rotatable bonds is 4. The van der Waals surface area contributed by atoms with E-state index in [1.807, 2.05) is 13.8 Å². The number of aliphatic hydroxyl groups is 1. The molecule has 1 aliphatic carbocycles. The number of carbonyl (C=O) groups excluding carboxylic acids is 1. The van der Waals surface area contributed by atoms with Gasteiger partial charge in [-0.2, -0.15) is 0 Å². The van der Waals surface area contributed by atoms with Crippen LogP contribution in [0.15, 0.2) is 0 Å². The van der Waals surface area contributed by atoms with Gasteiger partial charge in [0, 0.05) is 14.2 Å². The van der Waals surface area contributed by atoms with Gasteiger partial charge in [0.05, 0.1) is 24.2 Å². The predicted molar refractivity (Wildman–Crippen MR) is 66.7 cm³/mol. The largest absolute Gasteiger partial charge is 0.391 e. The molecule has 1 rings (SSSR count). The molecule has 4 heteroatoms. The van der Waals surface area contributed by atoms with Crippen molar-refractivity contribution >= 4 is 5.91 Å². The van der Waals surface area contributed by atoms with Crippen molar-refractivity contribution in [1.82, 2.24) is 4.90 Å². The van der Waals surface area contributed by atoms with Crippen molar-refractivity contribution < 1.29 is 14.6 Å². The van der Waals surface area contributed by atoms with Gasteiger partial charge in [0.1, 0.15) is 0 Å². The highest BCUT2D eigenvalue weighted by Gasteiger charge is 2.31. The topological polar surface area (TPSA) is 49.8 Å². The maximum absolute atomic E-state index is 12.1. The van der Waals surface area contributed by atoms with Crippen LogP contribution in [0, 0.1) is 0 Å². The zero-order valence-electron chi connectivity index (χ0n) is 11.4. The number of amides is 1. The molecule has 0 aromatic carbocycles. The fourth-order valence-electron chi connectivity index (χ4n) is 2.29. The molecule has 0 saturated heterocycles. The standard InChI is InChI=1S/C13H25NO3/c1-13(2,17-4)9-12(16)14(3)10-7-5-6-8-11(10)15/h10-11,15H,5-9H2,1-4H3. The van der Waals surface area contributed by atoms with E-state index in [1.54, 1.807) is 19.1 Å². The van der Waals surface area contributed by atoms with Crippen molar-refractivity contribution in [3.05, 3.63) is 0 Å². The summed E-state index contributed by atoms with van der Waals surface area (Å²) in [5, 5.41) is 9.92. The lowest BCUT2D eigenvalue weighted by Gasteiger charge is -2.36. The summed E-state index contributed by atoms with van der Waals surface area (Å²) in [5.74, 6) is 0.0443. The minimum absolute atomic E-state index is 0.0242. The van der Waals surface area contributed by atoms with Crippen LogP contribution in [0.2, 0.25) is 0 Å². The SMILES string of the molecule is COC(C)(C)CC(=O)N(C)C1CCCCC1O. The van der Waals surface area contributed by atoms with E-state index in [9.17, 15) is 9.90 Å². The van der Waals surface area contributed by atoms with Crippen LogP contribution in [0.3, 0.4) is 0 Å². The molecular weight excluding hydrogens is 218 g/mol. The summed E-state index contributed by atoms with van der Waals surface area (Å²) in [6, 6.07) is -0.0242. The van der Waals surface area contributed by atoms with Crippen LogP contribution in [0.5, 0.6) is 0 Å². The van der Waals surface area contributed by atoms with Gasteiger partial charge in [0.2, 0.25) is 5.91 Å². The number of hydrogen-bond acceptors (Lipinski definition) is 3. The number of aliphatic hydroxyl groups excluding tert-OH is 1. The molecule has 1 saturated carbocycles. The van der Waals surface area contributed by atoms with E-state index in [4.69, 9.17) is 4.74 Å². The highest BCUT2D eigenvalue weighted by atomic mass is 16.5. The van der Waals surface area contributed by atoms with Crippen LogP contribution < -0.4 is 0 Å². The summed E-state index contributed by atoms with van der Waals surface area (Å²) in [7, 11) is 3.40. The number of likely N-dealkylation sites (N-methyl/N-ethyl adjacent to an activating group) is 1. The molecular formula is C13H25NO3. The van der Waals surface area contributed by atoms with Gasteiger partial charge in [-0.15, -0.1) is 0 Å². The Balaban J connectivity index is 2.56. The molecule has 0 aromatic rings. The van der Waals surface area contributed by atoms with Crippen molar-refractivity contribution in [2.75, 3.05) is 14.2 Å². The third-order valence-electron chi connectivity index (χ3n) is 3.71. The fourth-order valence-corrected chi connectivity index (χ4v) is 2.29. The summed E-state index contributed by atoms with van der Waals surface area (Å²) < 4.78 is 5.26. The van der Waals surface area contributed by atoms with E-state index in [-0.39, 0.29) is 18.1 Å². The van der Waals surface area contributed by atoms with Gasteiger partial charge in [-0.25, -0.2) is 0 Å². The quantitative estimate of drug-likeness (QED) is 0.815. The molecule has 2 unspecified atom stereocenters. The summed E-state index contributed by atoms with van der Waals surface area (Å²) in [4.78, 5) is 13.8. The average molecular weight is 243 g/mol. The van der Waals surface area contributed by atoms with Gasteiger partial charge in [-0.1, -0.05) is 12.8 Å². The van der Waals surface area contributed by atoms with Crippen LogP contribution in [-0.4, -0.2) is 47.8 Å². The summed E-state index contributed by atoms with van der Waals surface area (Å²) in [5.41, 5.74) is -0.440. The highest BCUT2D eigenvalue weighted by Crippen LogP contribution is 2.24. The lowest BCUT2D eigenvalue weighted by molar-refractivity contribution is -0.140. The Morgan fingerprint density at radius 2 is 2.00 bits per heavy atom. The number of methoxy groups -OCH3 is 1. The molecule has 0 bridgehead atoms. The van der Waals surface area contributed by atoms with Crippen LogP contribution in [0.1, 0.15) is 46.0 Å². The van der Waals surface area contributed by atoms with E-state index >= 15 is 0 Å². The number of carbonyl (C=O) groups is 1. The Morgan fingerprint density at radius 3 is 2.53 bits per heavy atom.